The van der Waals surface area contributed by atoms with E-state index in [0.29, 0.717) is 17.8 Å². The summed E-state index contributed by atoms with van der Waals surface area (Å²) in [5.41, 5.74) is 3.25. The van der Waals surface area contributed by atoms with Gasteiger partial charge in [-0.15, -0.1) is 0 Å². The maximum atomic E-state index is 11.3. The fourth-order valence-corrected chi connectivity index (χ4v) is 2.55. The van der Waals surface area contributed by atoms with E-state index < -0.39 is 0 Å². The van der Waals surface area contributed by atoms with Gasteiger partial charge in [0.15, 0.2) is 6.29 Å². The second kappa shape index (κ2) is 6.01. The Morgan fingerprint density at radius 2 is 1.90 bits per heavy atom. The van der Waals surface area contributed by atoms with Gasteiger partial charge in [0.25, 0.3) is 0 Å². The summed E-state index contributed by atoms with van der Waals surface area (Å²) < 4.78 is 2.80. The second-order valence-corrected chi connectivity index (χ2v) is 5.43. The summed E-state index contributed by atoms with van der Waals surface area (Å²) >= 11 is 3.52. The van der Waals surface area contributed by atoms with E-state index in [1.54, 1.807) is 23.3 Å². The lowest BCUT2D eigenvalue weighted by molar-refractivity contribution is 0.112. The molecular weight excluding hydrogens is 330 g/mol. The molecule has 0 amide bonds. The van der Waals surface area contributed by atoms with Crippen LogP contribution in [0, 0.1) is 0 Å². The maximum absolute atomic E-state index is 11.3. The minimum atomic E-state index is 0.577. The Bertz CT molecular complexity index is 768. The van der Waals surface area contributed by atoms with E-state index in [-0.39, 0.29) is 0 Å². The molecule has 2 heterocycles. The molecule has 0 N–H and O–H groups in total. The molecule has 3 rings (SSSR count). The molecule has 104 valence electrons. The van der Waals surface area contributed by atoms with Gasteiger partial charge >= 0.3 is 0 Å². The highest BCUT2D eigenvalue weighted by atomic mass is 79.9. The molecule has 0 spiro atoms. The second-order valence-electron chi connectivity index (χ2n) is 4.58. The molecule has 0 bridgehead atoms. The lowest BCUT2D eigenvalue weighted by atomic mass is 10.1. The topological polar surface area (TPSA) is 47.8 Å². The number of aromatic nitrogens is 3. The first kappa shape index (κ1) is 13.7. The van der Waals surface area contributed by atoms with Crippen LogP contribution in [-0.4, -0.2) is 21.1 Å². The maximum Gasteiger partial charge on any atom is 0.153 e. The number of benzene rings is 1. The predicted octanol–water partition coefficient (Wildman–Crippen LogP) is 3.57. The Kier molecular flexibility index (Phi) is 3.92. The van der Waals surface area contributed by atoms with E-state index in [1.807, 2.05) is 36.4 Å². The first-order valence-corrected chi connectivity index (χ1v) is 7.23. The third-order valence-corrected chi connectivity index (χ3v) is 3.93. The molecule has 0 radical (unpaired) electrons. The number of pyridine rings is 1. The van der Waals surface area contributed by atoms with E-state index in [0.717, 1.165) is 21.9 Å². The number of rotatable bonds is 4. The molecule has 2 aromatic heterocycles. The van der Waals surface area contributed by atoms with Gasteiger partial charge in [-0.05, 0) is 23.8 Å². The lowest BCUT2D eigenvalue weighted by Gasteiger charge is -2.04. The zero-order valence-electron chi connectivity index (χ0n) is 11.1. The Morgan fingerprint density at radius 3 is 2.62 bits per heavy atom. The smallest absolute Gasteiger partial charge is 0.153 e. The highest BCUT2D eigenvalue weighted by Crippen LogP contribution is 2.22. The summed E-state index contributed by atoms with van der Waals surface area (Å²) in [4.78, 5) is 15.2. The van der Waals surface area contributed by atoms with Crippen LogP contribution in [0.25, 0.3) is 11.3 Å². The summed E-state index contributed by atoms with van der Waals surface area (Å²) in [6.07, 6.45) is 5.98. The third-order valence-electron chi connectivity index (χ3n) is 3.16. The van der Waals surface area contributed by atoms with Crippen molar-refractivity contribution >= 4 is 22.2 Å². The average Bonchev–Trinajstić information content (AvgIpc) is 2.93. The number of carbonyl (C=O) groups is 1. The zero-order valence-corrected chi connectivity index (χ0v) is 12.7. The molecule has 4 nitrogen and oxygen atoms in total. The van der Waals surface area contributed by atoms with Crippen molar-refractivity contribution in [2.45, 2.75) is 6.54 Å². The fraction of sp³-hybridized carbons (Fsp3) is 0.0625. The molecule has 21 heavy (non-hydrogen) atoms. The molecule has 1 aromatic carbocycles. The molecule has 5 heteroatoms. The monoisotopic (exact) mass is 341 g/mol. The molecule has 0 aliphatic carbocycles. The average molecular weight is 342 g/mol. The predicted molar refractivity (Wildman–Crippen MR) is 84.1 cm³/mol. The Labute approximate surface area is 130 Å². The summed E-state index contributed by atoms with van der Waals surface area (Å²) in [5, 5.41) is 4.52. The molecular formula is C16H12BrN3O. The minimum Gasteiger partial charge on any atom is -0.298 e. The number of hydrogen-bond donors (Lipinski definition) is 0. The van der Waals surface area contributed by atoms with E-state index in [9.17, 15) is 4.79 Å². The molecule has 0 saturated heterocycles. The van der Waals surface area contributed by atoms with Gasteiger partial charge in [-0.3, -0.25) is 14.5 Å². The number of aldehydes is 1. The largest absolute Gasteiger partial charge is 0.298 e. The SMILES string of the molecule is O=Cc1cn(Cc2ccccc2Br)nc1-c1ccncc1. The van der Waals surface area contributed by atoms with Gasteiger partial charge in [-0.25, -0.2) is 0 Å². The minimum absolute atomic E-state index is 0.577. The number of carbonyl (C=O) groups excluding carboxylic acids is 1. The van der Waals surface area contributed by atoms with E-state index >= 15 is 0 Å². The van der Waals surface area contributed by atoms with Gasteiger partial charge in [-0.1, -0.05) is 34.1 Å². The van der Waals surface area contributed by atoms with Crippen LogP contribution in [0.1, 0.15) is 15.9 Å². The highest BCUT2D eigenvalue weighted by molar-refractivity contribution is 9.10. The molecule has 3 aromatic rings. The Hall–Kier alpha value is -2.27. The van der Waals surface area contributed by atoms with Gasteiger partial charge in [0.1, 0.15) is 5.69 Å². The standard InChI is InChI=1S/C16H12BrN3O/c17-15-4-2-1-3-13(15)9-20-10-14(11-21)16(19-20)12-5-7-18-8-6-12/h1-8,10-11H,9H2. The van der Waals surface area contributed by atoms with Crippen molar-refractivity contribution in [1.29, 1.82) is 0 Å². The summed E-state index contributed by atoms with van der Waals surface area (Å²) in [7, 11) is 0. The van der Waals surface area contributed by atoms with Gasteiger partial charge in [0.05, 0.1) is 12.1 Å². The van der Waals surface area contributed by atoms with Crippen molar-refractivity contribution in [1.82, 2.24) is 14.8 Å². The van der Waals surface area contributed by atoms with Gasteiger partial charge < -0.3 is 0 Å². The normalized spacial score (nSPS) is 10.5. The van der Waals surface area contributed by atoms with Crippen molar-refractivity contribution in [2.24, 2.45) is 0 Å². The molecule has 0 aliphatic heterocycles. The van der Waals surface area contributed by atoms with Crippen LogP contribution in [0.2, 0.25) is 0 Å². The molecule has 0 saturated carbocycles. The van der Waals surface area contributed by atoms with Crippen molar-refractivity contribution in [3.8, 4) is 11.3 Å². The Balaban J connectivity index is 1.97. The van der Waals surface area contributed by atoms with Crippen molar-refractivity contribution < 1.29 is 4.79 Å². The molecule has 0 fully saturated rings. The van der Waals surface area contributed by atoms with Gasteiger partial charge in [0.2, 0.25) is 0 Å². The summed E-state index contributed by atoms with van der Waals surface area (Å²) in [5.74, 6) is 0. The third kappa shape index (κ3) is 2.92. The number of halogens is 1. The van der Waals surface area contributed by atoms with Crippen molar-refractivity contribution in [3.05, 3.63) is 70.6 Å². The van der Waals surface area contributed by atoms with Crippen LogP contribution in [-0.2, 0) is 6.54 Å². The van der Waals surface area contributed by atoms with Crippen LogP contribution in [0.4, 0.5) is 0 Å². The molecule has 0 aliphatic rings. The van der Waals surface area contributed by atoms with Crippen LogP contribution in [0.5, 0.6) is 0 Å². The van der Waals surface area contributed by atoms with Crippen molar-refractivity contribution in [2.75, 3.05) is 0 Å². The van der Waals surface area contributed by atoms with Crippen LogP contribution < -0.4 is 0 Å². The van der Waals surface area contributed by atoms with Crippen LogP contribution >= 0.6 is 15.9 Å². The van der Waals surface area contributed by atoms with Gasteiger partial charge in [0, 0.05) is 28.6 Å². The quantitative estimate of drug-likeness (QED) is 0.681. The first-order chi connectivity index (χ1) is 10.3. The molecule has 0 atom stereocenters. The van der Waals surface area contributed by atoms with Crippen molar-refractivity contribution in [3.63, 3.8) is 0 Å². The summed E-state index contributed by atoms with van der Waals surface area (Å²) in [6.45, 7) is 0.605. The van der Waals surface area contributed by atoms with Crippen LogP contribution in [0.15, 0.2) is 59.5 Å². The Morgan fingerprint density at radius 1 is 1.14 bits per heavy atom. The summed E-state index contributed by atoms with van der Waals surface area (Å²) in [6, 6.07) is 11.7. The number of nitrogens with zero attached hydrogens (tertiary/aromatic N) is 3. The van der Waals surface area contributed by atoms with Gasteiger partial charge in [-0.2, -0.15) is 5.10 Å². The van der Waals surface area contributed by atoms with E-state index in [4.69, 9.17) is 0 Å². The zero-order chi connectivity index (χ0) is 14.7. The fourth-order valence-electron chi connectivity index (χ4n) is 2.14. The van der Waals surface area contributed by atoms with E-state index in [1.165, 1.54) is 0 Å². The first-order valence-electron chi connectivity index (χ1n) is 6.44. The van der Waals surface area contributed by atoms with Crippen LogP contribution in [0.3, 0.4) is 0 Å². The molecule has 0 unspecified atom stereocenters. The number of hydrogen-bond acceptors (Lipinski definition) is 3. The van der Waals surface area contributed by atoms with E-state index in [2.05, 4.69) is 26.0 Å². The lowest BCUT2D eigenvalue weighted by Crippen LogP contribution is -2.01. The highest BCUT2D eigenvalue weighted by Gasteiger charge is 2.11.